The molecule has 0 saturated carbocycles. The second-order valence-electron chi connectivity index (χ2n) is 4.11. The van der Waals surface area contributed by atoms with Gasteiger partial charge in [-0.2, -0.15) is 48.3 Å². The van der Waals surface area contributed by atoms with Crippen molar-refractivity contribution in [3.8, 4) is 0 Å². The number of hydrogen-bond acceptors (Lipinski definition) is 4. The summed E-state index contributed by atoms with van der Waals surface area (Å²) in [5.41, 5.74) is 0. The van der Waals surface area contributed by atoms with E-state index in [1.807, 2.05) is 0 Å². The highest BCUT2D eigenvalue weighted by atomic mass is 19.3. The largest absolute Gasteiger partial charge is 0.480 e. The summed E-state index contributed by atoms with van der Waals surface area (Å²) in [6.45, 7) is 0. The molecule has 1 saturated heterocycles. The average molecular weight is 402 g/mol. The van der Waals surface area contributed by atoms with Crippen LogP contribution in [0, 0.1) is 0 Å². The Morgan fingerprint density at radius 2 is 1.48 bits per heavy atom. The zero-order chi connectivity index (χ0) is 19.8. The molecule has 0 amide bonds. The Labute approximate surface area is 128 Å². The van der Waals surface area contributed by atoms with Gasteiger partial charge in [-0.3, -0.25) is 0 Å². The fourth-order valence-electron chi connectivity index (χ4n) is 1.38. The molecule has 0 aliphatic carbocycles. The van der Waals surface area contributed by atoms with Gasteiger partial charge in [0.15, 0.2) is 0 Å². The lowest BCUT2D eigenvalue weighted by Gasteiger charge is -2.31. The third-order valence-electron chi connectivity index (χ3n) is 2.35. The highest BCUT2D eigenvalue weighted by molar-refractivity contribution is 5.05. The molecule has 1 atom stereocenters. The summed E-state index contributed by atoms with van der Waals surface area (Å²) in [6.07, 6.45) is -21.8. The molecule has 25 heavy (non-hydrogen) atoms. The van der Waals surface area contributed by atoms with Gasteiger partial charge in [0.2, 0.25) is 0 Å². The Kier molecular flexibility index (Phi) is 5.25. The lowest BCUT2D eigenvalue weighted by atomic mass is 10.1. The molecule has 1 heterocycles. The molecule has 1 fully saturated rings. The van der Waals surface area contributed by atoms with Crippen molar-refractivity contribution in [2.75, 3.05) is 0 Å². The standard InChI is InChI=1S/C9H2F12O4/c10-2(11)4-23-8(18,9(19,20)24-4)6(14,15)1-7(16,17)22-5(25-21)3(12)13/h1H2. The molecule has 0 N–H and O–H groups in total. The summed E-state index contributed by atoms with van der Waals surface area (Å²) in [6, 6.07) is 0. The predicted octanol–water partition coefficient (Wildman–Crippen LogP) is 4.96. The Hall–Kier alpha value is -2.16. The predicted molar refractivity (Wildman–Crippen MR) is 47.2 cm³/mol. The van der Waals surface area contributed by atoms with Crippen LogP contribution in [0.5, 0.6) is 0 Å². The van der Waals surface area contributed by atoms with Gasteiger partial charge in [-0.15, -0.1) is 0 Å². The second-order valence-corrected chi connectivity index (χ2v) is 4.11. The van der Waals surface area contributed by atoms with E-state index in [0.29, 0.717) is 0 Å². The Balaban J connectivity index is 3.15. The Bertz CT molecular complexity index is 579. The summed E-state index contributed by atoms with van der Waals surface area (Å²) in [5.74, 6) is -17.6. The summed E-state index contributed by atoms with van der Waals surface area (Å²) >= 11 is 0. The first-order valence-electron chi connectivity index (χ1n) is 5.37. The molecule has 1 unspecified atom stereocenters. The molecule has 1 aliphatic heterocycles. The van der Waals surface area contributed by atoms with Crippen LogP contribution >= 0.6 is 0 Å². The maximum absolute atomic E-state index is 13.7. The molecule has 1 rings (SSSR count). The fourth-order valence-corrected chi connectivity index (χ4v) is 1.38. The van der Waals surface area contributed by atoms with Crippen LogP contribution in [0.25, 0.3) is 0 Å². The number of halogens is 12. The number of rotatable bonds is 6. The van der Waals surface area contributed by atoms with Gasteiger partial charge in [0.05, 0.1) is 0 Å². The molecule has 0 radical (unpaired) electrons. The molecule has 16 heteroatoms. The van der Waals surface area contributed by atoms with Gasteiger partial charge in [0, 0.05) is 4.53 Å². The van der Waals surface area contributed by atoms with E-state index in [2.05, 4.69) is 19.2 Å². The molecule has 0 aromatic carbocycles. The maximum atomic E-state index is 13.7. The van der Waals surface area contributed by atoms with Crippen molar-refractivity contribution in [2.24, 2.45) is 0 Å². The van der Waals surface area contributed by atoms with E-state index in [4.69, 9.17) is 0 Å². The highest BCUT2D eigenvalue weighted by Gasteiger charge is 2.81. The molecular weight excluding hydrogens is 400 g/mol. The van der Waals surface area contributed by atoms with Crippen molar-refractivity contribution in [2.45, 2.75) is 30.4 Å². The third-order valence-corrected chi connectivity index (χ3v) is 2.35. The van der Waals surface area contributed by atoms with Crippen LogP contribution in [0.4, 0.5) is 52.8 Å². The molecule has 1 aliphatic rings. The van der Waals surface area contributed by atoms with Gasteiger partial charge in [-0.1, -0.05) is 0 Å². The first-order chi connectivity index (χ1) is 11.1. The second kappa shape index (κ2) is 6.29. The smallest absolute Gasteiger partial charge is 0.410 e. The van der Waals surface area contributed by atoms with Crippen LogP contribution in [0.1, 0.15) is 6.42 Å². The van der Waals surface area contributed by atoms with Gasteiger partial charge < -0.3 is 14.2 Å². The van der Waals surface area contributed by atoms with Gasteiger partial charge in [0.1, 0.15) is 6.42 Å². The first kappa shape index (κ1) is 20.9. The monoisotopic (exact) mass is 402 g/mol. The summed E-state index contributed by atoms with van der Waals surface area (Å²) in [5, 5.41) is 0. The molecule has 0 bridgehead atoms. The molecule has 0 aromatic rings. The SMILES string of the molecule is FOC(OC(F)(F)CC(F)(F)C1(F)OC(=C(F)F)OC1(F)F)=C(F)F. The third kappa shape index (κ3) is 3.92. The normalized spacial score (nSPS) is 22.8. The van der Waals surface area contributed by atoms with Crippen molar-refractivity contribution in [1.29, 1.82) is 0 Å². The molecule has 146 valence electrons. The Morgan fingerprint density at radius 1 is 0.960 bits per heavy atom. The summed E-state index contributed by atoms with van der Waals surface area (Å²) in [7, 11) is 0. The van der Waals surface area contributed by atoms with E-state index in [0.717, 1.165) is 0 Å². The fraction of sp³-hybridized carbons (Fsp3) is 0.556. The van der Waals surface area contributed by atoms with Crippen LogP contribution in [0.3, 0.4) is 0 Å². The molecular formula is C9H2F12O4. The topological polar surface area (TPSA) is 36.9 Å². The van der Waals surface area contributed by atoms with Crippen molar-refractivity contribution >= 4 is 0 Å². The number of ether oxygens (including phenoxy) is 3. The zero-order valence-electron chi connectivity index (χ0n) is 10.9. The zero-order valence-corrected chi connectivity index (χ0v) is 10.9. The van der Waals surface area contributed by atoms with Gasteiger partial charge in [0.25, 0.3) is 0 Å². The lowest BCUT2D eigenvalue weighted by molar-refractivity contribution is -0.382. The van der Waals surface area contributed by atoms with Crippen molar-refractivity contribution in [3.63, 3.8) is 0 Å². The van der Waals surface area contributed by atoms with E-state index in [9.17, 15) is 52.8 Å². The Morgan fingerprint density at radius 3 is 1.84 bits per heavy atom. The molecule has 0 spiro atoms. The molecule has 4 nitrogen and oxygen atoms in total. The van der Waals surface area contributed by atoms with Crippen LogP contribution in [-0.4, -0.2) is 24.0 Å². The van der Waals surface area contributed by atoms with Crippen molar-refractivity contribution in [1.82, 2.24) is 0 Å². The average Bonchev–Trinajstić information content (AvgIpc) is 2.67. The van der Waals surface area contributed by atoms with Crippen molar-refractivity contribution in [3.05, 3.63) is 24.1 Å². The number of hydrogen-bond donors (Lipinski definition) is 0. The number of alkyl halides is 7. The van der Waals surface area contributed by atoms with E-state index < -0.39 is 54.5 Å². The molecule has 0 aromatic heterocycles. The maximum Gasteiger partial charge on any atom is 0.480 e. The highest BCUT2D eigenvalue weighted by Crippen LogP contribution is 2.56. The van der Waals surface area contributed by atoms with Crippen LogP contribution in [0.15, 0.2) is 24.1 Å². The van der Waals surface area contributed by atoms with Crippen LogP contribution in [0.2, 0.25) is 0 Å². The van der Waals surface area contributed by atoms with Crippen LogP contribution in [-0.2, 0) is 19.2 Å². The van der Waals surface area contributed by atoms with Crippen LogP contribution < -0.4 is 0 Å². The van der Waals surface area contributed by atoms with Gasteiger partial charge >= 0.3 is 48.0 Å². The van der Waals surface area contributed by atoms with E-state index in [1.165, 1.54) is 0 Å². The summed E-state index contributed by atoms with van der Waals surface area (Å²) in [4.78, 5) is 2.08. The minimum absolute atomic E-state index is 2.08. The van der Waals surface area contributed by atoms with Gasteiger partial charge in [-0.05, 0) is 0 Å². The van der Waals surface area contributed by atoms with Crippen molar-refractivity contribution < 1.29 is 72.0 Å². The van der Waals surface area contributed by atoms with E-state index in [-0.39, 0.29) is 0 Å². The first-order valence-corrected chi connectivity index (χ1v) is 5.37. The van der Waals surface area contributed by atoms with E-state index in [1.54, 1.807) is 0 Å². The minimum atomic E-state index is -6.08. The lowest BCUT2D eigenvalue weighted by Crippen LogP contribution is -2.57. The summed E-state index contributed by atoms with van der Waals surface area (Å²) < 4.78 is 161. The van der Waals surface area contributed by atoms with E-state index >= 15 is 0 Å². The minimum Gasteiger partial charge on any atom is -0.410 e. The quantitative estimate of drug-likeness (QED) is 0.465. The van der Waals surface area contributed by atoms with Gasteiger partial charge in [-0.25, -0.2) is 4.94 Å².